The lowest BCUT2D eigenvalue weighted by molar-refractivity contribution is -0.137. The molecular formula is C14H13F3IN3O. The number of ether oxygens (including phenoxy) is 1. The van der Waals surface area contributed by atoms with Crippen molar-refractivity contribution in [1.29, 1.82) is 0 Å². The van der Waals surface area contributed by atoms with Gasteiger partial charge in [0.2, 0.25) is 0 Å². The van der Waals surface area contributed by atoms with Crippen LogP contribution in [-0.2, 0) is 6.18 Å². The molecular weight excluding hydrogens is 410 g/mol. The third-order valence-electron chi connectivity index (χ3n) is 2.86. The molecule has 0 saturated heterocycles. The zero-order valence-electron chi connectivity index (χ0n) is 11.9. The van der Waals surface area contributed by atoms with Crippen molar-refractivity contribution in [1.82, 2.24) is 9.97 Å². The van der Waals surface area contributed by atoms with E-state index in [0.29, 0.717) is 5.69 Å². The third-order valence-corrected chi connectivity index (χ3v) is 3.77. The summed E-state index contributed by atoms with van der Waals surface area (Å²) in [4.78, 5) is 8.91. The van der Waals surface area contributed by atoms with Crippen LogP contribution in [0.5, 0.6) is 6.01 Å². The largest absolute Gasteiger partial charge is 0.464 e. The average molecular weight is 423 g/mol. The summed E-state index contributed by atoms with van der Waals surface area (Å²) >= 11 is 2.06. The molecule has 0 aliphatic carbocycles. The maximum absolute atomic E-state index is 13.2. The number of halogens is 4. The third kappa shape index (κ3) is 3.60. The SMILES string of the molecule is CCOc1ncc(C(F)(F)F)c(N(C)c2ccccc2I)n1. The monoisotopic (exact) mass is 423 g/mol. The zero-order chi connectivity index (χ0) is 16.3. The Morgan fingerprint density at radius 2 is 1.95 bits per heavy atom. The van der Waals surface area contributed by atoms with Gasteiger partial charge in [0.15, 0.2) is 5.82 Å². The number of para-hydroxylation sites is 1. The van der Waals surface area contributed by atoms with E-state index in [1.807, 2.05) is 12.1 Å². The first kappa shape index (κ1) is 16.8. The molecule has 0 atom stereocenters. The summed E-state index contributed by atoms with van der Waals surface area (Å²) in [5.74, 6) is -0.241. The zero-order valence-corrected chi connectivity index (χ0v) is 14.0. The highest BCUT2D eigenvalue weighted by molar-refractivity contribution is 14.1. The minimum absolute atomic E-state index is 0.0803. The van der Waals surface area contributed by atoms with Crippen LogP contribution in [0.4, 0.5) is 24.7 Å². The van der Waals surface area contributed by atoms with E-state index in [9.17, 15) is 13.2 Å². The Morgan fingerprint density at radius 1 is 1.27 bits per heavy atom. The van der Waals surface area contributed by atoms with E-state index in [1.54, 1.807) is 19.1 Å². The van der Waals surface area contributed by atoms with Gasteiger partial charge in [0, 0.05) is 16.8 Å². The molecule has 22 heavy (non-hydrogen) atoms. The number of aromatic nitrogens is 2. The van der Waals surface area contributed by atoms with Gasteiger partial charge in [-0.05, 0) is 41.6 Å². The molecule has 0 unspecified atom stereocenters. The minimum atomic E-state index is -4.55. The van der Waals surface area contributed by atoms with Gasteiger partial charge in [-0.2, -0.15) is 18.2 Å². The molecule has 1 heterocycles. The van der Waals surface area contributed by atoms with Gasteiger partial charge < -0.3 is 9.64 Å². The van der Waals surface area contributed by atoms with E-state index in [0.717, 1.165) is 9.77 Å². The van der Waals surface area contributed by atoms with Crippen LogP contribution in [0.25, 0.3) is 0 Å². The molecule has 0 fully saturated rings. The minimum Gasteiger partial charge on any atom is -0.464 e. The van der Waals surface area contributed by atoms with Gasteiger partial charge in [-0.15, -0.1) is 0 Å². The van der Waals surface area contributed by atoms with Gasteiger partial charge in [-0.25, -0.2) is 4.98 Å². The van der Waals surface area contributed by atoms with Crippen molar-refractivity contribution in [3.8, 4) is 6.01 Å². The van der Waals surface area contributed by atoms with Crippen molar-refractivity contribution in [2.45, 2.75) is 13.1 Å². The van der Waals surface area contributed by atoms with Crippen LogP contribution in [-0.4, -0.2) is 23.6 Å². The Kier molecular flexibility index (Phi) is 5.09. The second-order valence-electron chi connectivity index (χ2n) is 4.33. The van der Waals surface area contributed by atoms with Crippen molar-refractivity contribution < 1.29 is 17.9 Å². The molecule has 0 amide bonds. The standard InChI is InChI=1S/C14H13F3IN3O/c1-3-22-13-19-8-9(14(15,16)17)12(20-13)21(2)11-7-5-4-6-10(11)18/h4-8H,3H2,1-2H3. The number of anilines is 2. The van der Waals surface area contributed by atoms with E-state index in [-0.39, 0.29) is 18.4 Å². The quantitative estimate of drug-likeness (QED) is 0.689. The van der Waals surface area contributed by atoms with Crippen LogP contribution in [0.3, 0.4) is 0 Å². The molecule has 118 valence electrons. The van der Waals surface area contributed by atoms with Crippen LogP contribution in [0.2, 0.25) is 0 Å². The summed E-state index contributed by atoms with van der Waals surface area (Å²) in [7, 11) is 1.53. The number of alkyl halides is 3. The molecule has 1 aromatic heterocycles. The average Bonchev–Trinajstić information content (AvgIpc) is 2.46. The molecule has 0 aliphatic rings. The summed E-state index contributed by atoms with van der Waals surface area (Å²) in [5, 5.41) is 0. The Balaban J connectivity index is 2.55. The van der Waals surface area contributed by atoms with Gasteiger partial charge in [0.05, 0.1) is 12.3 Å². The molecule has 0 aliphatic heterocycles. The Morgan fingerprint density at radius 3 is 2.55 bits per heavy atom. The topological polar surface area (TPSA) is 38.2 Å². The second-order valence-corrected chi connectivity index (χ2v) is 5.49. The Hall–Kier alpha value is -1.58. The van der Waals surface area contributed by atoms with Crippen molar-refractivity contribution in [3.63, 3.8) is 0 Å². The summed E-state index contributed by atoms with van der Waals surface area (Å²) < 4.78 is 45.5. The fourth-order valence-electron chi connectivity index (χ4n) is 1.85. The maximum Gasteiger partial charge on any atom is 0.421 e. The molecule has 4 nitrogen and oxygen atoms in total. The smallest absolute Gasteiger partial charge is 0.421 e. The molecule has 0 radical (unpaired) electrons. The highest BCUT2D eigenvalue weighted by Gasteiger charge is 2.37. The fraction of sp³-hybridized carbons (Fsp3) is 0.286. The maximum atomic E-state index is 13.2. The van der Waals surface area contributed by atoms with Crippen LogP contribution in [0.1, 0.15) is 12.5 Å². The van der Waals surface area contributed by atoms with Gasteiger partial charge >= 0.3 is 12.2 Å². The predicted octanol–water partition coefficient (Wildman–Crippen LogP) is 4.27. The summed E-state index contributed by atoms with van der Waals surface area (Å²) in [6.45, 7) is 1.99. The van der Waals surface area contributed by atoms with E-state index >= 15 is 0 Å². The molecule has 0 N–H and O–H groups in total. The number of nitrogens with zero attached hydrogens (tertiary/aromatic N) is 3. The first-order valence-electron chi connectivity index (χ1n) is 6.40. The van der Waals surface area contributed by atoms with Crippen LogP contribution in [0.15, 0.2) is 30.5 Å². The van der Waals surface area contributed by atoms with E-state index in [2.05, 4.69) is 32.6 Å². The van der Waals surface area contributed by atoms with Gasteiger partial charge in [-0.3, -0.25) is 0 Å². The predicted molar refractivity (Wildman–Crippen MR) is 85.4 cm³/mol. The van der Waals surface area contributed by atoms with Crippen LogP contribution in [0, 0.1) is 3.57 Å². The van der Waals surface area contributed by atoms with Crippen molar-refractivity contribution >= 4 is 34.1 Å². The molecule has 2 aromatic rings. The first-order chi connectivity index (χ1) is 10.3. The molecule has 0 saturated carbocycles. The Labute approximate surface area is 139 Å². The van der Waals surface area contributed by atoms with Crippen molar-refractivity contribution in [3.05, 3.63) is 39.6 Å². The van der Waals surface area contributed by atoms with Crippen molar-refractivity contribution in [2.75, 3.05) is 18.6 Å². The Bertz CT molecular complexity index is 664. The number of hydrogen-bond donors (Lipinski definition) is 0. The van der Waals surface area contributed by atoms with Crippen LogP contribution >= 0.6 is 22.6 Å². The lowest BCUT2D eigenvalue weighted by Gasteiger charge is -2.23. The molecule has 0 bridgehead atoms. The van der Waals surface area contributed by atoms with Gasteiger partial charge in [0.1, 0.15) is 5.56 Å². The molecule has 1 aromatic carbocycles. The molecule has 8 heteroatoms. The van der Waals surface area contributed by atoms with E-state index < -0.39 is 11.7 Å². The number of rotatable bonds is 4. The van der Waals surface area contributed by atoms with Crippen LogP contribution < -0.4 is 9.64 Å². The van der Waals surface area contributed by atoms with Gasteiger partial charge in [0.25, 0.3) is 0 Å². The lowest BCUT2D eigenvalue weighted by Crippen LogP contribution is -2.20. The summed E-state index contributed by atoms with van der Waals surface area (Å²) in [6.07, 6.45) is -3.80. The lowest BCUT2D eigenvalue weighted by atomic mass is 10.2. The normalized spacial score (nSPS) is 11.4. The number of hydrogen-bond acceptors (Lipinski definition) is 4. The molecule has 2 rings (SSSR count). The highest BCUT2D eigenvalue weighted by Crippen LogP contribution is 2.38. The van der Waals surface area contributed by atoms with E-state index in [1.165, 1.54) is 11.9 Å². The number of benzene rings is 1. The second kappa shape index (κ2) is 6.67. The summed E-state index contributed by atoms with van der Waals surface area (Å²) in [6, 6.07) is 7.03. The fourth-order valence-corrected chi connectivity index (χ4v) is 2.60. The van der Waals surface area contributed by atoms with E-state index in [4.69, 9.17) is 4.74 Å². The highest BCUT2D eigenvalue weighted by atomic mass is 127. The van der Waals surface area contributed by atoms with Crippen molar-refractivity contribution in [2.24, 2.45) is 0 Å². The van der Waals surface area contributed by atoms with Gasteiger partial charge in [-0.1, -0.05) is 12.1 Å². The summed E-state index contributed by atoms with van der Waals surface area (Å²) in [5.41, 5.74) is -0.284. The molecule has 0 spiro atoms. The first-order valence-corrected chi connectivity index (χ1v) is 7.47.